The van der Waals surface area contributed by atoms with E-state index in [0.717, 1.165) is 12.8 Å². The fraction of sp³-hybridized carbons (Fsp3) is 0.917. The summed E-state index contributed by atoms with van der Waals surface area (Å²) >= 11 is 0. The highest BCUT2D eigenvalue weighted by atomic mass is 32.2. The molecule has 0 aromatic rings. The third-order valence-electron chi connectivity index (χ3n) is 3.42. The van der Waals surface area contributed by atoms with Crippen LogP contribution in [0.2, 0.25) is 0 Å². The van der Waals surface area contributed by atoms with Crippen LogP contribution in [-0.4, -0.2) is 42.4 Å². The summed E-state index contributed by atoms with van der Waals surface area (Å²) in [6.07, 6.45) is 2.42. The number of nitrogens with zero attached hydrogens (tertiary/aromatic N) is 1. The zero-order valence-electron chi connectivity index (χ0n) is 11.8. The van der Waals surface area contributed by atoms with E-state index in [9.17, 15) is 13.2 Å². The first-order valence-electron chi connectivity index (χ1n) is 6.70. The molecule has 7 heteroatoms. The zero-order valence-corrected chi connectivity index (χ0v) is 12.7. The SMILES string of the molecule is CCCC(C)(C)NS(=O)(=O)N1CCC(C(=O)O)CC1. The van der Waals surface area contributed by atoms with Crippen LogP contribution in [0.3, 0.4) is 0 Å². The van der Waals surface area contributed by atoms with Crippen LogP contribution in [0.4, 0.5) is 0 Å². The van der Waals surface area contributed by atoms with E-state index < -0.39 is 27.6 Å². The zero-order chi connectivity index (χ0) is 14.7. The number of carboxylic acid groups (broad SMARTS) is 1. The van der Waals surface area contributed by atoms with Crippen LogP contribution in [0.25, 0.3) is 0 Å². The lowest BCUT2D eigenvalue weighted by Crippen LogP contribution is -2.52. The summed E-state index contributed by atoms with van der Waals surface area (Å²) in [5.41, 5.74) is -0.475. The summed E-state index contributed by atoms with van der Waals surface area (Å²) < 4.78 is 28.5. The van der Waals surface area contributed by atoms with Gasteiger partial charge in [0.05, 0.1) is 5.92 Å². The molecule has 0 aromatic carbocycles. The molecule has 0 aliphatic carbocycles. The Labute approximate surface area is 115 Å². The van der Waals surface area contributed by atoms with Crippen LogP contribution in [0, 0.1) is 5.92 Å². The van der Waals surface area contributed by atoms with E-state index in [0.29, 0.717) is 12.8 Å². The van der Waals surface area contributed by atoms with Crippen LogP contribution in [0.5, 0.6) is 0 Å². The number of piperidine rings is 1. The molecular weight excluding hydrogens is 268 g/mol. The molecule has 1 rings (SSSR count). The maximum absolute atomic E-state index is 12.2. The molecule has 0 amide bonds. The van der Waals surface area contributed by atoms with E-state index in [-0.39, 0.29) is 13.1 Å². The Balaban J connectivity index is 2.63. The normalized spacial score (nSPS) is 19.5. The molecule has 0 aromatic heterocycles. The monoisotopic (exact) mass is 292 g/mol. The number of rotatable bonds is 6. The molecule has 19 heavy (non-hydrogen) atoms. The van der Waals surface area contributed by atoms with Crippen molar-refractivity contribution in [1.29, 1.82) is 0 Å². The minimum absolute atomic E-state index is 0.272. The predicted octanol–water partition coefficient (Wildman–Crippen LogP) is 1.20. The first-order valence-corrected chi connectivity index (χ1v) is 8.14. The van der Waals surface area contributed by atoms with Gasteiger partial charge in [-0.3, -0.25) is 4.79 Å². The minimum atomic E-state index is -3.52. The molecule has 112 valence electrons. The molecule has 1 aliphatic rings. The summed E-state index contributed by atoms with van der Waals surface area (Å²) in [6.45, 7) is 6.27. The van der Waals surface area contributed by atoms with E-state index in [1.165, 1.54) is 4.31 Å². The number of hydrogen-bond acceptors (Lipinski definition) is 3. The fourth-order valence-electron chi connectivity index (χ4n) is 2.43. The molecule has 1 heterocycles. The van der Waals surface area contributed by atoms with Crippen molar-refractivity contribution in [2.24, 2.45) is 5.92 Å². The van der Waals surface area contributed by atoms with Gasteiger partial charge in [-0.1, -0.05) is 13.3 Å². The third kappa shape index (κ3) is 4.74. The Kier molecular flexibility index (Phi) is 5.34. The lowest BCUT2D eigenvalue weighted by atomic mass is 9.99. The van der Waals surface area contributed by atoms with Gasteiger partial charge in [0.2, 0.25) is 0 Å². The third-order valence-corrected chi connectivity index (χ3v) is 5.28. The average Bonchev–Trinajstić information content (AvgIpc) is 2.27. The summed E-state index contributed by atoms with van der Waals surface area (Å²) in [4.78, 5) is 10.8. The summed E-state index contributed by atoms with van der Waals surface area (Å²) in [5.74, 6) is -1.26. The topological polar surface area (TPSA) is 86.7 Å². The van der Waals surface area contributed by atoms with Crippen molar-refractivity contribution in [2.75, 3.05) is 13.1 Å². The van der Waals surface area contributed by atoms with Gasteiger partial charge in [0.1, 0.15) is 0 Å². The van der Waals surface area contributed by atoms with Crippen molar-refractivity contribution in [3.05, 3.63) is 0 Å². The van der Waals surface area contributed by atoms with Gasteiger partial charge in [0.25, 0.3) is 10.2 Å². The number of aliphatic carboxylic acids is 1. The maximum atomic E-state index is 12.2. The molecule has 0 saturated carbocycles. The van der Waals surface area contributed by atoms with Crippen LogP contribution < -0.4 is 4.72 Å². The van der Waals surface area contributed by atoms with Gasteiger partial charge in [-0.2, -0.15) is 17.4 Å². The molecule has 6 nitrogen and oxygen atoms in total. The number of hydrogen-bond donors (Lipinski definition) is 2. The second-order valence-electron chi connectivity index (χ2n) is 5.75. The van der Waals surface area contributed by atoms with Crippen LogP contribution in [0.1, 0.15) is 46.5 Å². The fourth-order valence-corrected chi connectivity index (χ4v) is 4.05. The van der Waals surface area contributed by atoms with Crippen molar-refractivity contribution >= 4 is 16.2 Å². The van der Waals surface area contributed by atoms with E-state index in [4.69, 9.17) is 5.11 Å². The summed E-state index contributed by atoms with van der Waals surface area (Å²) in [5, 5.41) is 8.90. The molecule has 2 N–H and O–H groups in total. The van der Waals surface area contributed by atoms with Gasteiger partial charge in [0.15, 0.2) is 0 Å². The van der Waals surface area contributed by atoms with E-state index in [2.05, 4.69) is 4.72 Å². The van der Waals surface area contributed by atoms with Gasteiger partial charge in [-0.25, -0.2) is 0 Å². The van der Waals surface area contributed by atoms with Crippen LogP contribution in [-0.2, 0) is 15.0 Å². The smallest absolute Gasteiger partial charge is 0.306 e. The van der Waals surface area contributed by atoms with E-state index in [1.54, 1.807) is 0 Å². The highest BCUT2D eigenvalue weighted by molar-refractivity contribution is 7.87. The molecule has 0 unspecified atom stereocenters. The predicted molar refractivity (Wildman–Crippen MR) is 73.0 cm³/mol. The number of carbonyl (C=O) groups is 1. The molecule has 0 radical (unpaired) electrons. The Bertz CT molecular complexity index is 411. The Morgan fingerprint density at radius 2 is 1.89 bits per heavy atom. The summed E-state index contributed by atoms with van der Waals surface area (Å²) in [7, 11) is -3.52. The van der Waals surface area contributed by atoms with Gasteiger partial charge >= 0.3 is 5.97 Å². The molecule has 0 bridgehead atoms. The first kappa shape index (κ1) is 16.4. The largest absolute Gasteiger partial charge is 0.481 e. The van der Waals surface area contributed by atoms with Gasteiger partial charge in [0, 0.05) is 18.6 Å². The van der Waals surface area contributed by atoms with Crippen molar-refractivity contribution in [2.45, 2.75) is 52.0 Å². The van der Waals surface area contributed by atoms with Gasteiger partial charge in [-0.15, -0.1) is 0 Å². The second kappa shape index (κ2) is 6.19. The Morgan fingerprint density at radius 1 is 1.37 bits per heavy atom. The van der Waals surface area contributed by atoms with Crippen molar-refractivity contribution in [3.8, 4) is 0 Å². The Morgan fingerprint density at radius 3 is 2.32 bits per heavy atom. The standard InChI is InChI=1S/C12H24N2O4S/c1-4-7-12(2,3)13-19(17,18)14-8-5-10(6-9-14)11(15)16/h10,13H,4-9H2,1-3H3,(H,15,16). The average molecular weight is 292 g/mol. The van der Waals surface area contributed by atoms with Crippen molar-refractivity contribution in [1.82, 2.24) is 9.03 Å². The van der Waals surface area contributed by atoms with Gasteiger partial charge in [-0.05, 0) is 33.1 Å². The van der Waals surface area contributed by atoms with Crippen molar-refractivity contribution in [3.63, 3.8) is 0 Å². The molecule has 1 aliphatic heterocycles. The van der Waals surface area contributed by atoms with E-state index in [1.807, 2.05) is 20.8 Å². The quantitative estimate of drug-likeness (QED) is 0.770. The molecular formula is C12H24N2O4S. The number of carboxylic acids is 1. The highest BCUT2D eigenvalue weighted by Crippen LogP contribution is 2.21. The van der Waals surface area contributed by atoms with E-state index >= 15 is 0 Å². The summed E-state index contributed by atoms with van der Waals surface area (Å²) in [6, 6.07) is 0. The molecule has 1 fully saturated rings. The van der Waals surface area contributed by atoms with Gasteiger partial charge < -0.3 is 5.11 Å². The Hall–Kier alpha value is -0.660. The lowest BCUT2D eigenvalue weighted by molar-refractivity contribution is -0.142. The highest BCUT2D eigenvalue weighted by Gasteiger charge is 2.33. The molecule has 0 atom stereocenters. The van der Waals surface area contributed by atoms with Crippen LogP contribution >= 0.6 is 0 Å². The van der Waals surface area contributed by atoms with Crippen molar-refractivity contribution < 1.29 is 18.3 Å². The van der Waals surface area contributed by atoms with Crippen LogP contribution in [0.15, 0.2) is 0 Å². The lowest BCUT2D eigenvalue weighted by Gasteiger charge is -2.33. The molecule has 0 spiro atoms. The first-order chi connectivity index (χ1) is 8.68. The second-order valence-corrected chi connectivity index (χ2v) is 7.42. The minimum Gasteiger partial charge on any atom is -0.481 e. The maximum Gasteiger partial charge on any atom is 0.306 e. The molecule has 1 saturated heterocycles. The number of nitrogens with one attached hydrogen (secondary N) is 1.